The predicted molar refractivity (Wildman–Crippen MR) is 98.3 cm³/mol. The van der Waals surface area contributed by atoms with Crippen molar-refractivity contribution in [2.24, 2.45) is 5.10 Å². The zero-order valence-electron chi connectivity index (χ0n) is 13.9. The number of hydrogen-bond donors (Lipinski definition) is 2. The molecule has 0 bridgehead atoms. The molecule has 0 radical (unpaired) electrons. The van der Waals surface area contributed by atoms with Gasteiger partial charge in [-0.05, 0) is 49.2 Å². The van der Waals surface area contributed by atoms with E-state index in [4.69, 9.17) is 11.6 Å². The minimum Gasteiger partial charge on any atom is -0.317 e. The summed E-state index contributed by atoms with van der Waals surface area (Å²) in [5.41, 5.74) is 4.11. The van der Waals surface area contributed by atoms with E-state index in [2.05, 4.69) is 15.8 Å². The molecule has 0 unspecified atom stereocenters. The molecule has 0 atom stereocenters. The van der Waals surface area contributed by atoms with Crippen LogP contribution in [-0.2, 0) is 9.59 Å². The average molecular weight is 375 g/mol. The topological polar surface area (TPSA) is 114 Å². The quantitative estimate of drug-likeness (QED) is 0.370. The molecule has 0 saturated carbocycles. The molecule has 2 rings (SSSR count). The zero-order valence-corrected chi connectivity index (χ0v) is 14.7. The molecule has 2 N–H and O–H groups in total. The Morgan fingerprint density at radius 1 is 1.12 bits per heavy atom. The van der Waals surface area contributed by atoms with Crippen LogP contribution < -0.4 is 10.7 Å². The van der Waals surface area contributed by atoms with Crippen molar-refractivity contribution in [1.82, 2.24) is 5.43 Å². The number of benzene rings is 2. The molecule has 2 aromatic carbocycles. The van der Waals surface area contributed by atoms with E-state index in [9.17, 15) is 19.7 Å². The molecule has 2 amide bonds. The molecule has 134 valence electrons. The maximum atomic E-state index is 11.9. The summed E-state index contributed by atoms with van der Waals surface area (Å²) in [7, 11) is 0. The van der Waals surface area contributed by atoms with Crippen molar-refractivity contribution in [2.75, 3.05) is 5.32 Å². The molecule has 0 heterocycles. The molecule has 26 heavy (non-hydrogen) atoms. The van der Waals surface area contributed by atoms with Crippen LogP contribution in [0.2, 0.25) is 5.02 Å². The van der Waals surface area contributed by atoms with E-state index in [-0.39, 0.29) is 5.69 Å². The van der Waals surface area contributed by atoms with E-state index in [1.807, 2.05) is 0 Å². The van der Waals surface area contributed by atoms with E-state index in [1.54, 1.807) is 32.0 Å². The summed E-state index contributed by atoms with van der Waals surface area (Å²) in [5.74, 6) is -1.85. The van der Waals surface area contributed by atoms with Crippen molar-refractivity contribution in [3.05, 3.63) is 68.7 Å². The first kappa shape index (κ1) is 19.1. The Morgan fingerprint density at radius 3 is 2.38 bits per heavy atom. The van der Waals surface area contributed by atoms with Crippen LogP contribution in [0.3, 0.4) is 0 Å². The first-order valence-corrected chi connectivity index (χ1v) is 7.83. The molecule has 0 fully saturated rings. The van der Waals surface area contributed by atoms with Gasteiger partial charge in [0.05, 0.1) is 10.6 Å². The number of halogens is 1. The van der Waals surface area contributed by atoms with Gasteiger partial charge in [0.25, 0.3) is 5.69 Å². The number of carbonyl (C=O) groups excluding carboxylic acids is 2. The number of nitrogens with zero attached hydrogens (tertiary/aromatic N) is 2. The molecule has 0 spiro atoms. The lowest BCUT2D eigenvalue weighted by Crippen LogP contribution is -2.33. The fraction of sp³-hybridized carbons (Fsp3) is 0.118. The second-order valence-corrected chi connectivity index (χ2v) is 5.72. The fourth-order valence-electron chi connectivity index (χ4n) is 2.00. The third-order valence-corrected chi connectivity index (χ3v) is 3.95. The van der Waals surface area contributed by atoms with Crippen LogP contribution in [0.25, 0.3) is 0 Å². The summed E-state index contributed by atoms with van der Waals surface area (Å²) in [6.45, 7) is 3.31. The number of nitrogens with one attached hydrogen (secondary N) is 2. The molecule has 0 aromatic heterocycles. The fourth-order valence-corrected chi connectivity index (χ4v) is 2.17. The smallest absolute Gasteiger partial charge is 0.317 e. The zero-order chi connectivity index (χ0) is 19.3. The van der Waals surface area contributed by atoms with Gasteiger partial charge >= 0.3 is 11.8 Å². The van der Waals surface area contributed by atoms with E-state index < -0.39 is 16.7 Å². The maximum Gasteiger partial charge on any atom is 0.329 e. The van der Waals surface area contributed by atoms with Crippen LogP contribution >= 0.6 is 11.6 Å². The van der Waals surface area contributed by atoms with Crippen LogP contribution in [0.4, 0.5) is 11.4 Å². The average Bonchev–Trinajstić information content (AvgIpc) is 2.63. The summed E-state index contributed by atoms with van der Waals surface area (Å²) in [5, 5.41) is 17.4. The third-order valence-electron chi connectivity index (χ3n) is 3.54. The SMILES string of the molecule is C/C(=N\NC(=O)C(=O)Nc1cccc(Cl)c1C)c1ccc([N+](=O)[O-])cc1. The van der Waals surface area contributed by atoms with Gasteiger partial charge in [0, 0.05) is 22.8 Å². The first-order chi connectivity index (χ1) is 12.3. The minimum atomic E-state index is -0.953. The van der Waals surface area contributed by atoms with Gasteiger partial charge in [-0.1, -0.05) is 17.7 Å². The molecule has 9 heteroatoms. The lowest BCUT2D eigenvalue weighted by atomic mass is 10.1. The van der Waals surface area contributed by atoms with Crippen molar-refractivity contribution in [3.63, 3.8) is 0 Å². The normalized spacial score (nSPS) is 11.0. The standard InChI is InChI=1S/C17H15ClN4O4/c1-10-14(18)4-3-5-15(10)19-16(23)17(24)21-20-11(2)12-6-8-13(9-7-12)22(25)26/h3-9H,1-2H3,(H,19,23)(H,21,24)/b20-11+. The molecule has 0 aliphatic heterocycles. The molecular formula is C17H15ClN4O4. The molecule has 0 saturated heterocycles. The highest BCUT2D eigenvalue weighted by Gasteiger charge is 2.15. The van der Waals surface area contributed by atoms with Crippen molar-refractivity contribution >= 4 is 40.5 Å². The van der Waals surface area contributed by atoms with Crippen LogP contribution in [0.5, 0.6) is 0 Å². The van der Waals surface area contributed by atoms with Gasteiger partial charge in [0.1, 0.15) is 0 Å². The van der Waals surface area contributed by atoms with Gasteiger partial charge in [0.2, 0.25) is 0 Å². The number of anilines is 1. The Bertz CT molecular complexity index is 894. The monoisotopic (exact) mass is 374 g/mol. The van der Waals surface area contributed by atoms with Crippen LogP contribution in [0, 0.1) is 17.0 Å². The number of rotatable bonds is 4. The third kappa shape index (κ3) is 4.64. The van der Waals surface area contributed by atoms with E-state index >= 15 is 0 Å². The molecule has 0 aliphatic carbocycles. The van der Waals surface area contributed by atoms with Crippen molar-refractivity contribution < 1.29 is 14.5 Å². The van der Waals surface area contributed by atoms with Crippen LogP contribution in [0.1, 0.15) is 18.1 Å². The van der Waals surface area contributed by atoms with Gasteiger partial charge in [-0.15, -0.1) is 0 Å². The number of hydrazone groups is 1. The number of amides is 2. The Morgan fingerprint density at radius 2 is 1.77 bits per heavy atom. The van der Waals surface area contributed by atoms with E-state index in [0.29, 0.717) is 27.5 Å². The lowest BCUT2D eigenvalue weighted by molar-refractivity contribution is -0.384. The molecule has 8 nitrogen and oxygen atoms in total. The Labute approximate surface area is 154 Å². The second kappa shape index (κ2) is 8.21. The van der Waals surface area contributed by atoms with Crippen LogP contribution in [0.15, 0.2) is 47.6 Å². The summed E-state index contributed by atoms with van der Waals surface area (Å²) in [6, 6.07) is 10.6. The highest BCUT2D eigenvalue weighted by atomic mass is 35.5. The van der Waals surface area contributed by atoms with E-state index in [0.717, 1.165) is 0 Å². The van der Waals surface area contributed by atoms with Gasteiger partial charge in [-0.2, -0.15) is 5.10 Å². The Hall–Kier alpha value is -3.26. The van der Waals surface area contributed by atoms with Crippen molar-refractivity contribution in [2.45, 2.75) is 13.8 Å². The van der Waals surface area contributed by atoms with E-state index in [1.165, 1.54) is 24.3 Å². The maximum absolute atomic E-state index is 11.9. The van der Waals surface area contributed by atoms with Gasteiger partial charge < -0.3 is 5.32 Å². The van der Waals surface area contributed by atoms with Gasteiger partial charge in [0.15, 0.2) is 0 Å². The number of hydrogen-bond acceptors (Lipinski definition) is 5. The highest BCUT2D eigenvalue weighted by molar-refractivity contribution is 6.40. The largest absolute Gasteiger partial charge is 0.329 e. The number of non-ortho nitro benzene ring substituents is 1. The summed E-state index contributed by atoms with van der Waals surface area (Å²) < 4.78 is 0. The molecule has 0 aliphatic rings. The lowest BCUT2D eigenvalue weighted by Gasteiger charge is -2.08. The van der Waals surface area contributed by atoms with Gasteiger partial charge in [-0.25, -0.2) is 5.43 Å². The summed E-state index contributed by atoms with van der Waals surface area (Å²) in [6.07, 6.45) is 0. The van der Waals surface area contributed by atoms with Crippen molar-refractivity contribution in [3.8, 4) is 0 Å². The summed E-state index contributed by atoms with van der Waals surface area (Å²) in [4.78, 5) is 33.9. The molecule has 2 aromatic rings. The number of nitro benzene ring substituents is 1. The Balaban J connectivity index is 2.02. The van der Waals surface area contributed by atoms with Crippen molar-refractivity contribution in [1.29, 1.82) is 0 Å². The Kier molecular flexibility index (Phi) is 6.03. The predicted octanol–water partition coefficient (Wildman–Crippen LogP) is 3.04. The second-order valence-electron chi connectivity index (χ2n) is 5.31. The minimum absolute atomic E-state index is 0.0538. The number of nitro groups is 1. The first-order valence-electron chi connectivity index (χ1n) is 7.45. The van der Waals surface area contributed by atoms with Gasteiger partial charge in [-0.3, -0.25) is 19.7 Å². The molecular weight excluding hydrogens is 360 g/mol. The highest BCUT2D eigenvalue weighted by Crippen LogP contribution is 2.22. The summed E-state index contributed by atoms with van der Waals surface area (Å²) >= 11 is 5.96. The van der Waals surface area contributed by atoms with Crippen LogP contribution in [-0.4, -0.2) is 22.4 Å². The number of carbonyl (C=O) groups is 2.